The lowest BCUT2D eigenvalue weighted by molar-refractivity contribution is -0.129. The average molecular weight is 853 g/mol. The van der Waals surface area contributed by atoms with Gasteiger partial charge in [-0.1, -0.05) is 105 Å². The van der Waals surface area contributed by atoms with Crippen LogP contribution in [0.3, 0.4) is 0 Å². The molecular weight excluding hydrogens is 748 g/mol. The van der Waals surface area contributed by atoms with Crippen LogP contribution in [0.15, 0.2) is 30.3 Å². The van der Waals surface area contributed by atoms with Crippen LogP contribution in [0.2, 0.25) is 0 Å². The molecule has 17 heteroatoms. The SMILES string of the molecule is C=O.C=O.C=O.C=O.C=O.C=O.C=O.CC.CC(=O)N1CCCCC1.CC(C)O.CCC(C)C.CCC(C)C.CCc1ccccc1.CN.CN.CN.CN.N.N.N. The Morgan fingerprint density at radius 3 is 0.845 bits per heavy atom. The van der Waals surface area contributed by atoms with E-state index in [0.29, 0.717) is 0 Å². The summed E-state index contributed by atoms with van der Waals surface area (Å²) in [7, 11) is 6.00. The molecule has 0 saturated carbocycles. The van der Waals surface area contributed by atoms with Crippen LogP contribution in [-0.2, 0) is 44.8 Å². The molecule has 17 nitrogen and oxygen atoms in total. The van der Waals surface area contributed by atoms with E-state index < -0.39 is 0 Å². The normalized spacial score (nSPS) is 7.62. The standard InChI is InChI=1S/C8H10.C7H13NO.2C5H12.C3H8O.C2H6.4CH5N.7CH2O.3H3N/c1-2-8-6-4-3-5-7-8;1-7(9)8-5-3-2-4-6-8;2*1-4-5(2)3;1-3(2)4;12*1-2;;;/h3-7H,2H2,1H3;2-6H2,1H3;2*5H,4H2,1-3H3;3-4H,1-2H3;1-2H3;4*2H2,1H3;7*1H2;3*1H3. The van der Waals surface area contributed by atoms with Crippen LogP contribution >= 0.6 is 0 Å². The van der Waals surface area contributed by atoms with E-state index in [-0.39, 0.29) is 30.5 Å². The Balaban J connectivity index is -0.0000000191. The van der Waals surface area contributed by atoms with Crippen molar-refractivity contribution in [2.24, 2.45) is 34.8 Å². The van der Waals surface area contributed by atoms with E-state index >= 15 is 0 Å². The molecule has 362 valence electrons. The summed E-state index contributed by atoms with van der Waals surface area (Å²) in [5.41, 5.74) is 19.4. The quantitative estimate of drug-likeness (QED) is 0.166. The summed E-state index contributed by atoms with van der Waals surface area (Å²) in [6.45, 7) is 40.5. The van der Waals surface area contributed by atoms with E-state index in [2.05, 4.69) is 95.7 Å². The lowest BCUT2D eigenvalue weighted by Gasteiger charge is -2.24. The number of carbonyl (C=O) groups is 8. The Morgan fingerprint density at radius 2 is 0.741 bits per heavy atom. The summed E-state index contributed by atoms with van der Waals surface area (Å²) >= 11 is 0. The third-order valence-corrected chi connectivity index (χ3v) is 4.69. The number of nitrogens with two attached hydrogens (primary N) is 4. The van der Waals surface area contributed by atoms with Gasteiger partial charge in [0.1, 0.15) is 47.5 Å². The number of aliphatic hydroxyl groups excluding tert-OH is 1. The van der Waals surface area contributed by atoms with Crippen LogP contribution in [0, 0.1) is 11.8 Å². The number of carbonyl (C=O) groups excluding carboxylic acids is 8. The molecule has 1 aromatic carbocycles. The predicted octanol–water partition coefficient (Wildman–Crippen LogP) is 6.28. The highest BCUT2D eigenvalue weighted by atomic mass is 16.3. The van der Waals surface area contributed by atoms with Crippen molar-refractivity contribution in [2.45, 2.75) is 128 Å². The van der Waals surface area contributed by atoms with Crippen molar-refractivity contribution in [3.63, 3.8) is 0 Å². The largest absolute Gasteiger partial charge is 0.394 e. The van der Waals surface area contributed by atoms with Crippen molar-refractivity contribution in [3.05, 3.63) is 35.9 Å². The number of likely N-dealkylation sites (tertiary alicyclic amines) is 1. The molecular formula is C41H104N8O9. The number of rotatable bonds is 3. The van der Waals surface area contributed by atoms with Gasteiger partial charge < -0.3 is 85.0 Å². The Hall–Kier alpha value is -3.94. The maximum absolute atomic E-state index is 10.7. The smallest absolute Gasteiger partial charge is 0.219 e. The minimum Gasteiger partial charge on any atom is -0.394 e. The van der Waals surface area contributed by atoms with Crippen LogP contribution in [0.5, 0.6) is 0 Å². The zero-order chi connectivity index (χ0) is 48.7. The number of amides is 1. The van der Waals surface area contributed by atoms with Crippen LogP contribution in [0.1, 0.15) is 121 Å². The fraction of sp³-hybridized carbons (Fsp3) is 0.659. The molecule has 18 N–H and O–H groups in total. The predicted molar refractivity (Wildman–Crippen MR) is 256 cm³/mol. The molecule has 0 atom stereocenters. The molecule has 0 aliphatic carbocycles. The maximum Gasteiger partial charge on any atom is 0.219 e. The maximum atomic E-state index is 10.7. The van der Waals surface area contributed by atoms with Crippen LogP contribution < -0.4 is 41.4 Å². The van der Waals surface area contributed by atoms with Gasteiger partial charge in [0.05, 0.1) is 0 Å². The van der Waals surface area contributed by atoms with Crippen molar-refractivity contribution < 1.29 is 43.5 Å². The van der Waals surface area contributed by atoms with Gasteiger partial charge in [-0.2, -0.15) is 0 Å². The first-order chi connectivity index (χ1) is 26.5. The molecule has 1 amide bonds. The second-order valence-corrected chi connectivity index (χ2v) is 9.10. The molecule has 0 aromatic heterocycles. The molecule has 0 spiro atoms. The second-order valence-electron chi connectivity index (χ2n) is 9.10. The number of benzene rings is 1. The number of hydrogen-bond acceptors (Lipinski definition) is 16. The molecule has 1 saturated heterocycles. The minimum absolute atomic E-state index is 0. The highest BCUT2D eigenvalue weighted by Gasteiger charge is 2.11. The van der Waals surface area contributed by atoms with Crippen LogP contribution in [-0.4, -0.2) is 111 Å². The van der Waals surface area contributed by atoms with Crippen molar-refractivity contribution >= 4 is 53.4 Å². The molecule has 2 rings (SSSR count). The highest BCUT2D eigenvalue weighted by Crippen LogP contribution is 2.07. The third-order valence-electron chi connectivity index (χ3n) is 4.69. The van der Waals surface area contributed by atoms with Crippen molar-refractivity contribution in [2.75, 3.05) is 41.3 Å². The van der Waals surface area contributed by atoms with Gasteiger partial charge in [0, 0.05) is 26.1 Å². The molecule has 1 fully saturated rings. The van der Waals surface area contributed by atoms with E-state index in [1.54, 1.807) is 20.8 Å². The summed E-state index contributed by atoms with van der Waals surface area (Å²) in [6, 6.07) is 10.5. The second kappa shape index (κ2) is 196. The Labute approximate surface area is 359 Å². The monoisotopic (exact) mass is 853 g/mol. The first-order valence-corrected chi connectivity index (χ1v) is 17.8. The van der Waals surface area contributed by atoms with Crippen LogP contribution in [0.25, 0.3) is 0 Å². The van der Waals surface area contributed by atoms with Gasteiger partial charge in [-0.05, 0) is 85.1 Å². The average Bonchev–Trinajstić information content (AvgIpc) is 3.30. The molecule has 0 radical (unpaired) electrons. The van der Waals surface area contributed by atoms with E-state index in [1.165, 1.54) is 65.9 Å². The first-order valence-electron chi connectivity index (χ1n) is 17.8. The van der Waals surface area contributed by atoms with Crippen molar-refractivity contribution in [1.82, 2.24) is 23.4 Å². The highest BCUT2D eigenvalue weighted by molar-refractivity contribution is 5.73. The van der Waals surface area contributed by atoms with Gasteiger partial charge in [-0.25, -0.2) is 0 Å². The fourth-order valence-corrected chi connectivity index (χ4v) is 1.92. The van der Waals surface area contributed by atoms with Gasteiger partial charge in [0.15, 0.2) is 0 Å². The number of aliphatic hydroxyl groups is 1. The molecule has 1 heterocycles. The number of aryl methyl sites for hydroxylation is 1. The van der Waals surface area contributed by atoms with Gasteiger partial charge in [-0.3, -0.25) is 4.79 Å². The summed E-state index contributed by atoms with van der Waals surface area (Å²) in [5, 5.41) is 8.06. The fourth-order valence-electron chi connectivity index (χ4n) is 1.92. The number of hydrogen-bond donors (Lipinski definition) is 8. The van der Waals surface area contributed by atoms with Gasteiger partial charge in [-0.15, -0.1) is 0 Å². The Bertz CT molecular complexity index is 582. The van der Waals surface area contributed by atoms with E-state index in [0.717, 1.165) is 31.3 Å². The van der Waals surface area contributed by atoms with Gasteiger partial charge in [0.2, 0.25) is 5.91 Å². The summed E-state index contributed by atoms with van der Waals surface area (Å²) in [6.07, 6.45) is 7.27. The Kier molecular flexibility index (Phi) is 396. The van der Waals surface area contributed by atoms with E-state index in [1.807, 2.05) is 72.3 Å². The third kappa shape index (κ3) is 279. The molecule has 1 aliphatic heterocycles. The topological polar surface area (TPSA) is 369 Å². The molecule has 1 aromatic rings. The van der Waals surface area contributed by atoms with Crippen LogP contribution in [0.4, 0.5) is 0 Å². The summed E-state index contributed by atoms with van der Waals surface area (Å²) in [5.74, 6) is 2.00. The number of nitrogens with zero attached hydrogens (tertiary/aromatic N) is 1. The zero-order valence-electron chi connectivity index (χ0n) is 40.8. The van der Waals surface area contributed by atoms with Crippen molar-refractivity contribution in [3.8, 4) is 0 Å². The summed E-state index contributed by atoms with van der Waals surface area (Å²) < 4.78 is 0. The number of piperidine rings is 1. The summed E-state index contributed by atoms with van der Waals surface area (Å²) in [4.78, 5) is 68.6. The molecule has 0 bridgehead atoms. The van der Waals surface area contributed by atoms with Gasteiger partial charge in [0.25, 0.3) is 0 Å². The van der Waals surface area contributed by atoms with E-state index in [4.69, 9.17) is 38.7 Å². The van der Waals surface area contributed by atoms with Gasteiger partial charge >= 0.3 is 0 Å². The first kappa shape index (κ1) is 117. The minimum atomic E-state index is -0.167. The lowest BCUT2D eigenvalue weighted by atomic mass is 10.1. The lowest BCUT2D eigenvalue weighted by Crippen LogP contribution is -2.33. The zero-order valence-corrected chi connectivity index (χ0v) is 40.8. The molecule has 0 unspecified atom stereocenters. The van der Waals surface area contributed by atoms with Crippen molar-refractivity contribution in [1.29, 1.82) is 0 Å². The molecule has 1 aliphatic rings. The molecule has 58 heavy (non-hydrogen) atoms. The van der Waals surface area contributed by atoms with E-state index in [9.17, 15) is 4.79 Å². The Morgan fingerprint density at radius 1 is 0.552 bits per heavy atom.